The Bertz CT molecular complexity index is 486. The number of fused-ring (bicyclic) bond motifs is 4. The van der Waals surface area contributed by atoms with Crippen molar-refractivity contribution in [1.82, 2.24) is 4.98 Å². The second-order valence-electron chi connectivity index (χ2n) is 5.25. The summed E-state index contributed by atoms with van der Waals surface area (Å²) in [5.74, 6) is 1.54. The third-order valence-electron chi connectivity index (χ3n) is 4.32. The Balaban J connectivity index is 2.04. The molecule has 0 radical (unpaired) electrons. The summed E-state index contributed by atoms with van der Waals surface area (Å²) >= 11 is 0. The summed E-state index contributed by atoms with van der Waals surface area (Å²) < 4.78 is 5.15. The predicted molar refractivity (Wildman–Crippen MR) is 65.5 cm³/mol. The van der Waals surface area contributed by atoms with Crippen LogP contribution >= 0.6 is 0 Å². The van der Waals surface area contributed by atoms with Crippen molar-refractivity contribution in [3.8, 4) is 5.88 Å². The van der Waals surface area contributed by atoms with Gasteiger partial charge in [-0.15, -0.1) is 0 Å². The maximum Gasteiger partial charge on any atom is 0.213 e. The number of ketones is 1. The molecule has 2 aliphatic rings. The molecule has 4 heteroatoms. The number of Topliss-reactive ketones (excluding diaryl/α,β-unsaturated/α-hetero) is 1. The summed E-state index contributed by atoms with van der Waals surface area (Å²) in [5, 5.41) is 9.55. The van der Waals surface area contributed by atoms with Gasteiger partial charge in [-0.1, -0.05) is 6.07 Å². The quantitative estimate of drug-likeness (QED) is 0.856. The Morgan fingerprint density at radius 2 is 2.22 bits per heavy atom. The van der Waals surface area contributed by atoms with Gasteiger partial charge in [-0.05, 0) is 29.7 Å². The van der Waals surface area contributed by atoms with E-state index in [4.69, 9.17) is 4.74 Å². The molecule has 0 amide bonds. The van der Waals surface area contributed by atoms with Crippen molar-refractivity contribution in [1.29, 1.82) is 0 Å². The minimum Gasteiger partial charge on any atom is -0.481 e. The highest BCUT2D eigenvalue weighted by molar-refractivity contribution is 5.81. The zero-order valence-electron chi connectivity index (χ0n) is 10.4. The van der Waals surface area contributed by atoms with E-state index in [1.54, 1.807) is 7.11 Å². The van der Waals surface area contributed by atoms with E-state index in [1.807, 2.05) is 12.1 Å². The molecule has 0 aromatic carbocycles. The number of pyridine rings is 1. The minimum absolute atomic E-state index is 0.142. The number of aromatic nitrogens is 1. The minimum atomic E-state index is 0.142. The molecule has 1 fully saturated rings. The van der Waals surface area contributed by atoms with E-state index in [1.165, 1.54) is 0 Å². The third-order valence-corrected chi connectivity index (χ3v) is 4.32. The SMILES string of the molecule is COc1ccc2c(n1)C[C@H]1CC(=O)C[C@@H]2[C@@H]1CO. The zero-order valence-corrected chi connectivity index (χ0v) is 10.4. The first kappa shape index (κ1) is 11.7. The van der Waals surface area contributed by atoms with Gasteiger partial charge in [0.25, 0.3) is 0 Å². The Morgan fingerprint density at radius 1 is 1.39 bits per heavy atom. The number of aliphatic hydroxyl groups excluding tert-OH is 1. The summed E-state index contributed by atoms with van der Waals surface area (Å²) in [5.41, 5.74) is 2.17. The number of carbonyl (C=O) groups is 1. The van der Waals surface area contributed by atoms with E-state index in [-0.39, 0.29) is 24.4 Å². The van der Waals surface area contributed by atoms with Crippen LogP contribution in [0.25, 0.3) is 0 Å². The Hall–Kier alpha value is -1.42. The summed E-state index contributed by atoms with van der Waals surface area (Å²) in [6, 6.07) is 3.84. The fourth-order valence-electron chi connectivity index (χ4n) is 3.45. The van der Waals surface area contributed by atoms with Crippen molar-refractivity contribution >= 4 is 5.78 Å². The van der Waals surface area contributed by atoms with Crippen molar-refractivity contribution in [2.45, 2.75) is 25.2 Å². The molecule has 0 saturated heterocycles. The van der Waals surface area contributed by atoms with Gasteiger partial charge in [-0.2, -0.15) is 0 Å². The van der Waals surface area contributed by atoms with Gasteiger partial charge in [0.05, 0.1) is 7.11 Å². The molecule has 3 atom stereocenters. The molecule has 0 unspecified atom stereocenters. The summed E-state index contributed by atoms with van der Waals surface area (Å²) in [6.07, 6.45) is 1.91. The predicted octanol–water partition coefficient (Wildman–Crippen LogP) is 1.32. The number of rotatable bonds is 2. The van der Waals surface area contributed by atoms with Crippen LogP contribution < -0.4 is 4.74 Å². The summed E-state index contributed by atoms with van der Waals surface area (Å²) in [4.78, 5) is 16.2. The van der Waals surface area contributed by atoms with E-state index in [0.29, 0.717) is 24.5 Å². The number of nitrogens with zero attached hydrogens (tertiary/aromatic N) is 1. The average molecular weight is 247 g/mol. The number of methoxy groups -OCH3 is 1. The molecular formula is C14H17NO3. The lowest BCUT2D eigenvalue weighted by Crippen LogP contribution is -2.39. The van der Waals surface area contributed by atoms with Gasteiger partial charge in [0.2, 0.25) is 5.88 Å². The summed E-state index contributed by atoms with van der Waals surface area (Å²) in [7, 11) is 1.61. The Kier molecular flexibility index (Phi) is 2.82. The third kappa shape index (κ3) is 1.72. The molecule has 1 N–H and O–H groups in total. The van der Waals surface area contributed by atoms with E-state index < -0.39 is 0 Å². The van der Waals surface area contributed by atoms with Crippen LogP contribution in [0.3, 0.4) is 0 Å². The first-order valence-electron chi connectivity index (χ1n) is 6.39. The Labute approximate surface area is 106 Å². The number of hydrogen-bond donors (Lipinski definition) is 1. The molecule has 18 heavy (non-hydrogen) atoms. The molecule has 1 aromatic heterocycles. The maximum absolute atomic E-state index is 11.7. The van der Waals surface area contributed by atoms with Crippen LogP contribution in [0.4, 0.5) is 0 Å². The smallest absolute Gasteiger partial charge is 0.213 e. The zero-order chi connectivity index (χ0) is 12.7. The monoisotopic (exact) mass is 247 g/mol. The topological polar surface area (TPSA) is 59.4 Å². The fourth-order valence-corrected chi connectivity index (χ4v) is 3.45. The van der Waals surface area contributed by atoms with Crippen LogP contribution in [0.5, 0.6) is 5.88 Å². The number of aliphatic hydroxyl groups is 1. The van der Waals surface area contributed by atoms with Crippen molar-refractivity contribution in [3.63, 3.8) is 0 Å². The Morgan fingerprint density at radius 3 is 2.94 bits per heavy atom. The largest absolute Gasteiger partial charge is 0.481 e. The van der Waals surface area contributed by atoms with Gasteiger partial charge in [-0.3, -0.25) is 4.79 Å². The van der Waals surface area contributed by atoms with Crippen LogP contribution in [0, 0.1) is 11.8 Å². The van der Waals surface area contributed by atoms with E-state index in [0.717, 1.165) is 17.7 Å². The molecule has 2 aliphatic carbocycles. The van der Waals surface area contributed by atoms with Crippen molar-refractivity contribution in [2.75, 3.05) is 13.7 Å². The van der Waals surface area contributed by atoms with E-state index in [2.05, 4.69) is 4.98 Å². The van der Waals surface area contributed by atoms with Crippen LogP contribution in [0.1, 0.15) is 30.0 Å². The second-order valence-corrected chi connectivity index (χ2v) is 5.25. The highest BCUT2D eigenvalue weighted by atomic mass is 16.5. The van der Waals surface area contributed by atoms with Crippen molar-refractivity contribution in [3.05, 3.63) is 23.4 Å². The van der Waals surface area contributed by atoms with E-state index >= 15 is 0 Å². The molecule has 3 rings (SSSR count). The highest BCUT2D eigenvalue weighted by Gasteiger charge is 2.42. The second kappa shape index (κ2) is 4.35. The van der Waals surface area contributed by atoms with Crippen molar-refractivity contribution < 1.29 is 14.6 Å². The average Bonchev–Trinajstić information content (AvgIpc) is 2.37. The fraction of sp³-hybridized carbons (Fsp3) is 0.571. The molecule has 0 spiro atoms. The molecular weight excluding hydrogens is 230 g/mol. The molecule has 2 bridgehead atoms. The molecule has 1 saturated carbocycles. The maximum atomic E-state index is 11.7. The molecule has 1 heterocycles. The van der Waals surface area contributed by atoms with Gasteiger partial charge in [0.15, 0.2) is 0 Å². The van der Waals surface area contributed by atoms with Gasteiger partial charge in [0.1, 0.15) is 5.78 Å². The normalized spacial score (nSPS) is 29.9. The van der Waals surface area contributed by atoms with Gasteiger partial charge in [-0.25, -0.2) is 4.98 Å². The highest BCUT2D eigenvalue weighted by Crippen LogP contribution is 2.46. The number of hydrogen-bond acceptors (Lipinski definition) is 4. The van der Waals surface area contributed by atoms with Gasteiger partial charge >= 0.3 is 0 Å². The van der Waals surface area contributed by atoms with Crippen LogP contribution in [-0.4, -0.2) is 29.6 Å². The first-order chi connectivity index (χ1) is 8.72. The van der Waals surface area contributed by atoms with Gasteiger partial charge in [0, 0.05) is 31.2 Å². The standard InChI is InChI=1S/C14H17NO3/c1-18-14-3-2-10-11-6-9(17)4-8(12(11)7-16)5-13(10)15-14/h2-3,8,11-12,16H,4-7H2,1H3/t8-,11+,12-/m1/s1. The number of ether oxygens (including phenoxy) is 1. The van der Waals surface area contributed by atoms with Crippen LogP contribution in [0.15, 0.2) is 12.1 Å². The molecule has 4 nitrogen and oxygen atoms in total. The van der Waals surface area contributed by atoms with Crippen LogP contribution in [0.2, 0.25) is 0 Å². The first-order valence-corrected chi connectivity index (χ1v) is 6.39. The summed E-state index contributed by atoms with van der Waals surface area (Å²) in [6.45, 7) is 0.161. The van der Waals surface area contributed by atoms with Gasteiger partial charge < -0.3 is 9.84 Å². The lowest BCUT2D eigenvalue weighted by Gasteiger charge is -2.41. The molecule has 0 aliphatic heterocycles. The number of carbonyl (C=O) groups excluding carboxylic acids is 1. The molecule has 96 valence electrons. The van der Waals surface area contributed by atoms with Crippen LogP contribution in [-0.2, 0) is 11.2 Å². The lowest BCUT2D eigenvalue weighted by molar-refractivity contribution is -0.124. The lowest BCUT2D eigenvalue weighted by atomic mass is 9.63. The molecule has 1 aromatic rings. The van der Waals surface area contributed by atoms with E-state index in [9.17, 15) is 9.90 Å². The van der Waals surface area contributed by atoms with Crippen molar-refractivity contribution in [2.24, 2.45) is 11.8 Å².